The minimum Gasteiger partial charge on any atom is -0.505 e. The third-order valence-electron chi connectivity index (χ3n) is 9.86. The minimum atomic E-state index is -1.02. The van der Waals surface area contributed by atoms with E-state index in [4.69, 9.17) is 20.9 Å². The molecule has 1 saturated carbocycles. The number of anilines is 1. The van der Waals surface area contributed by atoms with Crippen molar-refractivity contribution in [2.75, 3.05) is 51.3 Å². The van der Waals surface area contributed by atoms with Gasteiger partial charge in [0.15, 0.2) is 17.4 Å². The summed E-state index contributed by atoms with van der Waals surface area (Å²) < 4.78 is 59.1. The summed E-state index contributed by atoms with van der Waals surface area (Å²) >= 11 is 0. The van der Waals surface area contributed by atoms with Gasteiger partial charge in [0.2, 0.25) is 5.88 Å². The fourth-order valence-electron chi connectivity index (χ4n) is 7.39. The Hall–Kier alpha value is -4.34. The largest absolute Gasteiger partial charge is 0.505 e. The van der Waals surface area contributed by atoms with E-state index < -0.39 is 23.2 Å². The second kappa shape index (κ2) is 12.3. The number of phenols is 1. The van der Waals surface area contributed by atoms with Crippen molar-refractivity contribution in [2.45, 2.75) is 52.1 Å². The molecule has 3 aliphatic rings. The number of benzene rings is 2. The van der Waals surface area contributed by atoms with Crippen LogP contribution in [0.5, 0.6) is 17.6 Å². The molecule has 2 N–H and O–H groups in total. The zero-order valence-corrected chi connectivity index (χ0v) is 27.5. The van der Waals surface area contributed by atoms with E-state index in [1.165, 1.54) is 13.5 Å². The van der Waals surface area contributed by atoms with Crippen LogP contribution in [-0.2, 0) is 0 Å². The van der Waals surface area contributed by atoms with Crippen LogP contribution in [0.3, 0.4) is 0 Å². The van der Waals surface area contributed by atoms with E-state index >= 15 is 8.78 Å². The van der Waals surface area contributed by atoms with Crippen LogP contribution in [0.4, 0.5) is 19.0 Å². The summed E-state index contributed by atoms with van der Waals surface area (Å²) in [5, 5.41) is 14.0. The van der Waals surface area contributed by atoms with Gasteiger partial charge in [-0.1, -0.05) is 12.8 Å². The van der Waals surface area contributed by atoms with Gasteiger partial charge in [0.1, 0.15) is 28.2 Å². The molecule has 2 saturated heterocycles. The van der Waals surface area contributed by atoms with Gasteiger partial charge < -0.3 is 29.7 Å². The number of hydrogen-bond donors (Lipinski definition) is 2. The Bertz CT molecular complexity index is 1950. The molecule has 0 radical (unpaired) electrons. The summed E-state index contributed by atoms with van der Waals surface area (Å²) in [7, 11) is 1.39. The lowest BCUT2D eigenvalue weighted by Gasteiger charge is -2.37. The average Bonchev–Trinajstić information content (AvgIpc) is 3.71. The molecule has 0 amide bonds. The molecule has 1 aliphatic carbocycles. The Morgan fingerprint density at radius 1 is 1.04 bits per heavy atom. The number of halogens is 3. The summed E-state index contributed by atoms with van der Waals surface area (Å²) in [4.78, 5) is 18.4. The summed E-state index contributed by atoms with van der Waals surface area (Å²) in [6.07, 6.45) is 8.88. The number of nitrogens with one attached hydrogen (secondary N) is 1. The van der Waals surface area contributed by atoms with Crippen molar-refractivity contribution in [2.24, 2.45) is 11.3 Å². The first-order valence-electron chi connectivity index (χ1n) is 16.4. The molecule has 3 unspecified atom stereocenters. The predicted molar refractivity (Wildman–Crippen MR) is 178 cm³/mol. The maximum absolute atomic E-state index is 17.0. The molecule has 48 heavy (non-hydrogen) atoms. The molecule has 252 valence electrons. The van der Waals surface area contributed by atoms with E-state index in [1.54, 1.807) is 0 Å². The smallest absolute Gasteiger partial charge is 0.319 e. The van der Waals surface area contributed by atoms with E-state index in [0.717, 1.165) is 50.7 Å². The number of hydrogen-bond acceptors (Lipinski definition) is 9. The molecule has 3 fully saturated rings. The first-order valence-corrected chi connectivity index (χ1v) is 16.4. The van der Waals surface area contributed by atoms with Gasteiger partial charge in [0.25, 0.3) is 0 Å². The van der Waals surface area contributed by atoms with Crippen molar-refractivity contribution in [3.05, 3.63) is 41.2 Å². The molecule has 0 bridgehead atoms. The number of likely N-dealkylation sites (tertiary alicyclic amines) is 1. The molecule has 4 heterocycles. The normalized spacial score (nSPS) is 22.3. The van der Waals surface area contributed by atoms with Crippen LogP contribution in [0, 0.1) is 41.1 Å². The van der Waals surface area contributed by atoms with E-state index in [-0.39, 0.29) is 67.9 Å². The van der Waals surface area contributed by atoms with Gasteiger partial charge in [0.05, 0.1) is 19.3 Å². The Morgan fingerprint density at radius 3 is 2.44 bits per heavy atom. The molecule has 0 spiro atoms. The van der Waals surface area contributed by atoms with Gasteiger partial charge in [0, 0.05) is 60.0 Å². The van der Waals surface area contributed by atoms with Crippen molar-refractivity contribution < 1.29 is 27.8 Å². The standard InChI is InChI=1S/C36H39F3N6O3/c1-6-22-25(37)8-7-23-27(22)24(13-26(46)29(23)38)31-30(39)32-28(34(41-31)47-5)33(45-15-20(3)40-21(4)16-45)43-35(42-32)48-18-36(10-11-36)17-44-12-9-19(2)14-44/h1,7-8,13,19-21,40,46H,9-12,14-18H2,2-5H3. The Morgan fingerprint density at radius 2 is 1.79 bits per heavy atom. The fraction of sp³-hybridized carbons (Fsp3) is 0.472. The summed E-state index contributed by atoms with van der Waals surface area (Å²) in [5.74, 6) is -0.163. The number of methoxy groups -OCH3 is 1. The molecule has 12 heteroatoms. The number of nitrogens with zero attached hydrogens (tertiary/aromatic N) is 5. The maximum atomic E-state index is 17.0. The first kappa shape index (κ1) is 32.2. The third kappa shape index (κ3) is 5.73. The highest BCUT2D eigenvalue weighted by Crippen LogP contribution is 2.48. The third-order valence-corrected chi connectivity index (χ3v) is 9.86. The zero-order chi connectivity index (χ0) is 33.9. The lowest BCUT2D eigenvalue weighted by molar-refractivity contribution is 0.168. The highest BCUT2D eigenvalue weighted by molar-refractivity contribution is 6.04. The lowest BCUT2D eigenvalue weighted by atomic mass is 9.95. The van der Waals surface area contributed by atoms with Gasteiger partial charge in [-0.3, -0.25) is 0 Å². The molecule has 2 aromatic carbocycles. The lowest BCUT2D eigenvalue weighted by Crippen LogP contribution is -2.54. The number of phenolic OH excluding ortho intramolecular Hbond substituents is 1. The monoisotopic (exact) mass is 660 g/mol. The zero-order valence-electron chi connectivity index (χ0n) is 27.5. The van der Waals surface area contributed by atoms with Crippen molar-refractivity contribution in [3.8, 4) is 41.2 Å². The molecular weight excluding hydrogens is 621 g/mol. The highest BCUT2D eigenvalue weighted by atomic mass is 19.1. The van der Waals surface area contributed by atoms with Crippen molar-refractivity contribution in [1.29, 1.82) is 0 Å². The predicted octanol–water partition coefficient (Wildman–Crippen LogP) is 5.65. The molecule has 2 aromatic heterocycles. The number of fused-ring (bicyclic) bond motifs is 2. The first-order chi connectivity index (χ1) is 23.0. The second-order valence-electron chi connectivity index (χ2n) is 13.9. The topological polar surface area (TPSA) is 95.9 Å². The quantitative estimate of drug-likeness (QED) is 0.233. The van der Waals surface area contributed by atoms with Gasteiger partial charge in [-0.15, -0.1) is 6.42 Å². The van der Waals surface area contributed by atoms with Gasteiger partial charge in [-0.2, -0.15) is 9.97 Å². The number of ether oxygens (including phenoxy) is 2. The van der Waals surface area contributed by atoms with Crippen LogP contribution >= 0.6 is 0 Å². The van der Waals surface area contributed by atoms with Crippen molar-refractivity contribution >= 4 is 27.5 Å². The Balaban J connectivity index is 1.39. The van der Waals surface area contributed by atoms with Crippen LogP contribution in [-0.4, -0.2) is 83.5 Å². The summed E-state index contributed by atoms with van der Waals surface area (Å²) in [6, 6.07) is 3.37. The summed E-state index contributed by atoms with van der Waals surface area (Å²) in [6.45, 7) is 11.0. The molecule has 9 nitrogen and oxygen atoms in total. The maximum Gasteiger partial charge on any atom is 0.319 e. The van der Waals surface area contributed by atoms with E-state index in [1.807, 2.05) is 4.90 Å². The van der Waals surface area contributed by atoms with Crippen LogP contribution in [0.25, 0.3) is 32.9 Å². The van der Waals surface area contributed by atoms with Crippen molar-refractivity contribution in [3.63, 3.8) is 0 Å². The number of pyridine rings is 1. The number of rotatable bonds is 8. The van der Waals surface area contributed by atoms with Crippen LogP contribution in [0.1, 0.15) is 45.6 Å². The average molecular weight is 661 g/mol. The minimum absolute atomic E-state index is 0.000712. The highest BCUT2D eigenvalue weighted by Gasteiger charge is 2.46. The van der Waals surface area contributed by atoms with Crippen LogP contribution in [0.15, 0.2) is 18.2 Å². The van der Waals surface area contributed by atoms with E-state index in [2.05, 4.69) is 46.9 Å². The Labute approximate surface area is 277 Å². The van der Waals surface area contributed by atoms with Crippen LogP contribution < -0.4 is 19.7 Å². The van der Waals surface area contributed by atoms with Gasteiger partial charge in [-0.25, -0.2) is 18.2 Å². The fourth-order valence-corrected chi connectivity index (χ4v) is 7.39. The van der Waals surface area contributed by atoms with E-state index in [0.29, 0.717) is 31.4 Å². The molecular formula is C36H39F3N6O3. The molecule has 3 atom stereocenters. The van der Waals surface area contributed by atoms with Gasteiger partial charge in [-0.05, 0) is 63.8 Å². The molecule has 4 aromatic rings. The summed E-state index contributed by atoms with van der Waals surface area (Å²) in [5.41, 5.74) is -0.899. The molecule has 2 aliphatic heterocycles. The number of terminal acetylenes is 1. The molecule has 7 rings (SSSR count). The number of aromatic nitrogens is 3. The van der Waals surface area contributed by atoms with Crippen molar-refractivity contribution in [1.82, 2.24) is 25.2 Å². The Kier molecular flexibility index (Phi) is 8.24. The number of aromatic hydroxyl groups is 1. The number of piperazine rings is 1. The van der Waals surface area contributed by atoms with Gasteiger partial charge >= 0.3 is 6.01 Å². The van der Waals surface area contributed by atoms with Crippen LogP contribution in [0.2, 0.25) is 0 Å². The SMILES string of the molecule is C#Cc1c(F)ccc2c(F)c(O)cc(-c3nc(OC)c4c(N5CC(C)NC(C)C5)nc(OCC5(CN6CCC(C)C6)CC5)nc4c3F)c12. The second-order valence-corrected chi connectivity index (χ2v) is 13.9. The van der Waals surface area contributed by atoms with E-state index in [9.17, 15) is 9.50 Å².